The molecule has 1 amide bonds. The maximum absolute atomic E-state index is 12.5. The summed E-state index contributed by atoms with van der Waals surface area (Å²) in [5.41, 5.74) is 1.54. The van der Waals surface area contributed by atoms with Crippen molar-refractivity contribution < 1.29 is 18.1 Å². The van der Waals surface area contributed by atoms with E-state index in [9.17, 15) is 23.3 Å². The number of sulfonamides is 1. The van der Waals surface area contributed by atoms with Crippen molar-refractivity contribution in [2.24, 2.45) is 0 Å². The third kappa shape index (κ3) is 4.55. The van der Waals surface area contributed by atoms with Crippen LogP contribution in [0.15, 0.2) is 90.0 Å². The van der Waals surface area contributed by atoms with Crippen molar-refractivity contribution in [3.8, 4) is 0 Å². The molecule has 32 heavy (non-hydrogen) atoms. The summed E-state index contributed by atoms with van der Waals surface area (Å²) >= 11 is 0. The van der Waals surface area contributed by atoms with Gasteiger partial charge in [0.2, 0.25) is 0 Å². The molecule has 4 rings (SSSR count). The van der Waals surface area contributed by atoms with Gasteiger partial charge in [-0.2, -0.15) is 0 Å². The zero-order valence-corrected chi connectivity index (χ0v) is 17.2. The van der Waals surface area contributed by atoms with Gasteiger partial charge in [-0.25, -0.2) is 8.42 Å². The van der Waals surface area contributed by atoms with E-state index in [-0.39, 0.29) is 22.2 Å². The summed E-state index contributed by atoms with van der Waals surface area (Å²) in [6.07, 6.45) is 1.56. The topological polar surface area (TPSA) is 131 Å². The first-order valence-electron chi connectivity index (χ1n) is 9.35. The fourth-order valence-corrected chi connectivity index (χ4v) is 4.11. The number of nitro benzene ring substituents is 1. The predicted molar refractivity (Wildman–Crippen MR) is 120 cm³/mol. The van der Waals surface area contributed by atoms with Crippen LogP contribution in [0.25, 0.3) is 10.9 Å². The van der Waals surface area contributed by atoms with Gasteiger partial charge in [-0.05, 0) is 42.5 Å². The summed E-state index contributed by atoms with van der Waals surface area (Å²) < 4.78 is 27.4. The van der Waals surface area contributed by atoms with E-state index >= 15 is 0 Å². The minimum Gasteiger partial charge on any atom is -0.321 e. The van der Waals surface area contributed by atoms with Crippen molar-refractivity contribution in [3.05, 3.63) is 101 Å². The number of para-hydroxylation sites is 1. The molecule has 9 nitrogen and oxygen atoms in total. The van der Waals surface area contributed by atoms with Gasteiger partial charge in [0.15, 0.2) is 0 Å². The van der Waals surface area contributed by atoms with E-state index < -0.39 is 14.9 Å². The highest BCUT2D eigenvalue weighted by molar-refractivity contribution is 7.92. The van der Waals surface area contributed by atoms with Crippen molar-refractivity contribution in [2.75, 3.05) is 10.0 Å². The molecule has 0 fully saturated rings. The molecular weight excluding hydrogens is 432 g/mol. The molecule has 1 heterocycles. The Morgan fingerprint density at radius 1 is 0.906 bits per heavy atom. The first-order valence-corrected chi connectivity index (χ1v) is 10.8. The number of nitrogens with zero attached hydrogens (tertiary/aromatic N) is 2. The van der Waals surface area contributed by atoms with E-state index in [4.69, 9.17) is 0 Å². The van der Waals surface area contributed by atoms with E-state index in [0.29, 0.717) is 11.3 Å². The number of pyridine rings is 1. The number of non-ortho nitro benzene ring substituents is 1. The lowest BCUT2D eigenvalue weighted by molar-refractivity contribution is -0.385. The highest BCUT2D eigenvalue weighted by Gasteiger charge is 2.18. The number of rotatable bonds is 6. The van der Waals surface area contributed by atoms with Crippen molar-refractivity contribution in [2.45, 2.75) is 4.90 Å². The number of carbonyl (C=O) groups excluding carboxylic acids is 1. The van der Waals surface area contributed by atoms with E-state index in [1.165, 1.54) is 42.5 Å². The Morgan fingerprint density at radius 2 is 1.66 bits per heavy atom. The summed E-state index contributed by atoms with van der Waals surface area (Å²) in [6.45, 7) is 0. The first kappa shape index (κ1) is 20.9. The van der Waals surface area contributed by atoms with Gasteiger partial charge in [-0.15, -0.1) is 0 Å². The van der Waals surface area contributed by atoms with Crippen LogP contribution in [0.2, 0.25) is 0 Å². The normalized spacial score (nSPS) is 11.1. The Balaban J connectivity index is 1.48. The van der Waals surface area contributed by atoms with E-state index in [1.54, 1.807) is 6.20 Å². The number of aromatic nitrogens is 1. The number of anilines is 2. The fourth-order valence-electron chi connectivity index (χ4n) is 3.01. The van der Waals surface area contributed by atoms with E-state index in [1.807, 2.05) is 30.3 Å². The number of carbonyl (C=O) groups is 1. The highest BCUT2D eigenvalue weighted by atomic mass is 32.2. The molecule has 0 saturated heterocycles. The van der Waals surface area contributed by atoms with Crippen LogP contribution < -0.4 is 10.0 Å². The van der Waals surface area contributed by atoms with Crippen molar-refractivity contribution in [1.82, 2.24) is 4.98 Å². The summed E-state index contributed by atoms with van der Waals surface area (Å²) in [5, 5.41) is 14.5. The molecule has 2 N–H and O–H groups in total. The molecular formula is C22H16N4O5S. The molecule has 0 aliphatic rings. The number of hydrogen-bond donors (Lipinski definition) is 2. The number of hydrogen-bond acceptors (Lipinski definition) is 6. The van der Waals surface area contributed by atoms with E-state index in [0.717, 1.165) is 17.0 Å². The second-order valence-electron chi connectivity index (χ2n) is 6.81. The average Bonchev–Trinajstić information content (AvgIpc) is 2.79. The van der Waals surface area contributed by atoms with Crippen molar-refractivity contribution in [3.63, 3.8) is 0 Å². The molecule has 160 valence electrons. The molecule has 0 aliphatic carbocycles. The summed E-state index contributed by atoms with van der Waals surface area (Å²) in [4.78, 5) is 26.8. The second-order valence-corrected chi connectivity index (χ2v) is 8.49. The van der Waals surface area contributed by atoms with Gasteiger partial charge in [-0.3, -0.25) is 24.6 Å². The van der Waals surface area contributed by atoms with Crippen LogP contribution >= 0.6 is 0 Å². The monoisotopic (exact) mass is 448 g/mol. The maximum Gasteiger partial charge on any atom is 0.270 e. The van der Waals surface area contributed by atoms with Crippen LogP contribution in [0.5, 0.6) is 0 Å². The quantitative estimate of drug-likeness (QED) is 0.336. The lowest BCUT2D eigenvalue weighted by atomic mass is 10.2. The van der Waals surface area contributed by atoms with Gasteiger partial charge in [-0.1, -0.05) is 24.3 Å². The predicted octanol–water partition coefficient (Wildman–Crippen LogP) is 4.20. The Kier molecular flexibility index (Phi) is 5.52. The Hall–Kier alpha value is -4.31. The highest BCUT2D eigenvalue weighted by Crippen LogP contribution is 2.21. The lowest BCUT2D eigenvalue weighted by Crippen LogP contribution is -2.14. The lowest BCUT2D eigenvalue weighted by Gasteiger charge is -2.09. The molecule has 0 spiro atoms. The molecule has 10 heteroatoms. The molecule has 0 radical (unpaired) electrons. The van der Waals surface area contributed by atoms with Gasteiger partial charge in [0.25, 0.3) is 21.6 Å². The molecule has 0 bridgehead atoms. The van der Waals surface area contributed by atoms with Crippen molar-refractivity contribution in [1.29, 1.82) is 0 Å². The Labute approximate surface area is 182 Å². The van der Waals surface area contributed by atoms with Crippen LogP contribution in [0, 0.1) is 10.1 Å². The first-order chi connectivity index (χ1) is 15.3. The molecule has 0 saturated carbocycles. The van der Waals surface area contributed by atoms with Gasteiger partial charge >= 0.3 is 0 Å². The fraction of sp³-hybridized carbons (Fsp3) is 0. The molecule has 1 aromatic heterocycles. The third-order valence-electron chi connectivity index (χ3n) is 4.59. The van der Waals surface area contributed by atoms with Gasteiger partial charge < -0.3 is 5.32 Å². The zero-order valence-electron chi connectivity index (χ0n) is 16.4. The third-order valence-corrected chi connectivity index (χ3v) is 5.97. The van der Waals surface area contributed by atoms with Crippen LogP contribution in [-0.2, 0) is 10.0 Å². The second kappa shape index (κ2) is 8.44. The minimum atomic E-state index is -4.04. The molecule has 4 aromatic rings. The number of nitro groups is 1. The molecule has 0 aliphatic heterocycles. The molecule has 0 unspecified atom stereocenters. The minimum absolute atomic E-state index is 0.209. The largest absolute Gasteiger partial charge is 0.321 e. The van der Waals surface area contributed by atoms with Crippen LogP contribution in [0.4, 0.5) is 17.1 Å². The van der Waals surface area contributed by atoms with Crippen LogP contribution in [-0.4, -0.2) is 24.2 Å². The van der Waals surface area contributed by atoms with E-state index in [2.05, 4.69) is 15.0 Å². The number of nitrogens with one attached hydrogen (secondary N) is 2. The SMILES string of the molecule is O=C(Nc1cnc2ccccc2c1)c1ccc(NS(=O)(=O)c2cccc([N+](=O)[O-])c2)cc1. The molecule has 0 atom stereocenters. The number of fused-ring (bicyclic) bond motifs is 1. The van der Waals surface area contributed by atoms with Crippen molar-refractivity contribution >= 4 is 43.9 Å². The smallest absolute Gasteiger partial charge is 0.270 e. The maximum atomic E-state index is 12.5. The summed E-state index contributed by atoms with van der Waals surface area (Å²) in [5.74, 6) is -0.379. The Morgan fingerprint density at radius 3 is 2.41 bits per heavy atom. The van der Waals surface area contributed by atoms with Crippen LogP contribution in [0.3, 0.4) is 0 Å². The Bertz CT molecular complexity index is 1440. The summed E-state index contributed by atoms with van der Waals surface area (Å²) in [6, 6.07) is 19.9. The number of benzene rings is 3. The van der Waals surface area contributed by atoms with Crippen LogP contribution in [0.1, 0.15) is 10.4 Å². The van der Waals surface area contributed by atoms with Gasteiger partial charge in [0.1, 0.15) is 0 Å². The number of amides is 1. The van der Waals surface area contributed by atoms with Gasteiger partial charge in [0.05, 0.1) is 27.2 Å². The summed E-state index contributed by atoms with van der Waals surface area (Å²) in [7, 11) is -4.04. The zero-order chi connectivity index (χ0) is 22.7. The standard InChI is InChI=1S/C22H16N4O5S/c27-22(24-18-12-16-4-1-2-7-21(16)23-14-18)15-8-10-17(11-9-15)25-32(30,31)20-6-3-5-19(13-20)26(28)29/h1-14,25H,(H,24,27). The average molecular weight is 448 g/mol. The van der Waals surface area contributed by atoms with Gasteiger partial charge in [0, 0.05) is 28.8 Å². The molecule has 3 aromatic carbocycles.